The van der Waals surface area contributed by atoms with E-state index in [1.54, 1.807) is 30.3 Å². The number of ether oxygens (including phenoxy) is 1. The number of anilines is 1. The highest BCUT2D eigenvalue weighted by molar-refractivity contribution is 5.95. The van der Waals surface area contributed by atoms with Crippen molar-refractivity contribution in [3.8, 4) is 11.6 Å². The van der Waals surface area contributed by atoms with Gasteiger partial charge in [0.2, 0.25) is 5.88 Å². The largest absolute Gasteiger partial charge is 0.438 e. The summed E-state index contributed by atoms with van der Waals surface area (Å²) in [7, 11) is 0. The van der Waals surface area contributed by atoms with Crippen molar-refractivity contribution in [3.05, 3.63) is 47.2 Å². The molecule has 0 atom stereocenters. The number of nitrogens with zero attached hydrogens (tertiary/aromatic N) is 1. The lowest BCUT2D eigenvalue weighted by Crippen LogP contribution is -2.13. The van der Waals surface area contributed by atoms with Gasteiger partial charge in [0, 0.05) is 11.4 Å². The first-order valence-corrected chi connectivity index (χ1v) is 5.79. The molecule has 0 saturated carbocycles. The summed E-state index contributed by atoms with van der Waals surface area (Å²) in [5, 5.41) is 0. The molecule has 0 aliphatic carbocycles. The van der Waals surface area contributed by atoms with Gasteiger partial charge in [0.15, 0.2) is 0 Å². The van der Waals surface area contributed by atoms with Crippen LogP contribution in [0.2, 0.25) is 0 Å². The monoisotopic (exact) mass is 257 g/mol. The zero-order valence-electron chi connectivity index (χ0n) is 10.8. The van der Waals surface area contributed by atoms with E-state index >= 15 is 0 Å². The molecule has 2 aromatic rings. The summed E-state index contributed by atoms with van der Waals surface area (Å²) >= 11 is 0. The number of aromatic nitrogens is 1. The predicted molar refractivity (Wildman–Crippen MR) is 73.2 cm³/mol. The van der Waals surface area contributed by atoms with Gasteiger partial charge in [-0.15, -0.1) is 0 Å². The predicted octanol–water partition coefficient (Wildman–Crippen LogP) is 2.17. The summed E-state index contributed by atoms with van der Waals surface area (Å²) in [4.78, 5) is 15.5. The summed E-state index contributed by atoms with van der Waals surface area (Å²) in [6, 6.07) is 8.56. The molecule has 5 heteroatoms. The maximum Gasteiger partial charge on any atom is 0.254 e. The van der Waals surface area contributed by atoms with E-state index in [4.69, 9.17) is 16.2 Å². The minimum atomic E-state index is -0.574. The van der Waals surface area contributed by atoms with E-state index in [0.29, 0.717) is 11.4 Å². The molecule has 0 saturated heterocycles. The van der Waals surface area contributed by atoms with Gasteiger partial charge in [0.1, 0.15) is 11.3 Å². The van der Waals surface area contributed by atoms with E-state index in [2.05, 4.69) is 4.98 Å². The Labute approximate surface area is 111 Å². The number of nitrogen functional groups attached to an aromatic ring is 1. The third-order valence-corrected chi connectivity index (χ3v) is 2.67. The molecule has 1 heterocycles. The number of aryl methyl sites for hydroxylation is 2. The van der Waals surface area contributed by atoms with Crippen LogP contribution in [0, 0.1) is 13.8 Å². The number of carbonyl (C=O) groups is 1. The lowest BCUT2D eigenvalue weighted by Gasteiger charge is -2.11. The molecular weight excluding hydrogens is 242 g/mol. The third kappa shape index (κ3) is 2.82. The normalized spacial score (nSPS) is 10.2. The van der Waals surface area contributed by atoms with E-state index in [0.717, 1.165) is 11.3 Å². The molecule has 1 amide bonds. The Bertz CT molecular complexity index is 639. The van der Waals surface area contributed by atoms with Crippen LogP contribution in [-0.4, -0.2) is 10.9 Å². The topological polar surface area (TPSA) is 91.2 Å². The minimum Gasteiger partial charge on any atom is -0.438 e. The molecule has 0 aliphatic heterocycles. The van der Waals surface area contributed by atoms with Crippen molar-refractivity contribution < 1.29 is 9.53 Å². The van der Waals surface area contributed by atoms with Gasteiger partial charge in [0.25, 0.3) is 5.91 Å². The summed E-state index contributed by atoms with van der Waals surface area (Å²) in [6.45, 7) is 3.68. The Morgan fingerprint density at radius 3 is 2.58 bits per heavy atom. The van der Waals surface area contributed by atoms with Gasteiger partial charge in [0.05, 0.1) is 0 Å². The van der Waals surface area contributed by atoms with Crippen LogP contribution in [0.4, 0.5) is 5.69 Å². The average Bonchev–Trinajstić information content (AvgIpc) is 2.32. The molecule has 19 heavy (non-hydrogen) atoms. The lowest BCUT2D eigenvalue weighted by atomic mass is 10.2. The first kappa shape index (κ1) is 12.9. The van der Waals surface area contributed by atoms with Crippen LogP contribution < -0.4 is 16.2 Å². The fourth-order valence-electron chi connectivity index (χ4n) is 1.69. The minimum absolute atomic E-state index is 0.209. The number of carbonyl (C=O) groups excluding carboxylic acids is 1. The maximum atomic E-state index is 11.3. The van der Waals surface area contributed by atoms with Gasteiger partial charge in [-0.05, 0) is 49.7 Å². The fraction of sp³-hybridized carbons (Fsp3) is 0.143. The Morgan fingerprint density at radius 2 is 1.95 bits per heavy atom. The molecule has 4 N–H and O–H groups in total. The Hall–Kier alpha value is -2.56. The molecule has 0 radical (unpaired) electrons. The zero-order valence-corrected chi connectivity index (χ0v) is 10.8. The lowest BCUT2D eigenvalue weighted by molar-refractivity contribution is 0.0997. The van der Waals surface area contributed by atoms with E-state index in [1.807, 2.05) is 13.8 Å². The van der Waals surface area contributed by atoms with Gasteiger partial charge in [-0.3, -0.25) is 4.79 Å². The Morgan fingerprint density at radius 1 is 1.21 bits per heavy atom. The zero-order chi connectivity index (χ0) is 14.0. The van der Waals surface area contributed by atoms with Crippen LogP contribution in [0.1, 0.15) is 21.6 Å². The van der Waals surface area contributed by atoms with Crippen molar-refractivity contribution in [2.75, 3.05) is 5.73 Å². The Balaban J connectivity index is 2.42. The summed E-state index contributed by atoms with van der Waals surface area (Å²) in [5.74, 6) is 0.228. The molecule has 0 bridgehead atoms. The molecule has 5 nitrogen and oxygen atoms in total. The molecule has 0 unspecified atom stereocenters. The number of hydrogen-bond acceptors (Lipinski definition) is 4. The third-order valence-electron chi connectivity index (χ3n) is 2.67. The van der Waals surface area contributed by atoms with Crippen molar-refractivity contribution in [2.24, 2.45) is 5.73 Å². The average molecular weight is 257 g/mol. The SMILES string of the molecule is Cc1ccc(C(N)=O)c(Oc2ccc(N)cc2C)n1. The first-order chi connectivity index (χ1) is 8.97. The van der Waals surface area contributed by atoms with Gasteiger partial charge in [-0.2, -0.15) is 0 Å². The maximum absolute atomic E-state index is 11.3. The smallest absolute Gasteiger partial charge is 0.254 e. The van der Waals surface area contributed by atoms with Crippen LogP contribution in [0.3, 0.4) is 0 Å². The van der Waals surface area contributed by atoms with Crippen LogP contribution in [-0.2, 0) is 0 Å². The van der Waals surface area contributed by atoms with Crippen LogP contribution >= 0.6 is 0 Å². The summed E-state index contributed by atoms with van der Waals surface area (Å²) in [6.07, 6.45) is 0. The van der Waals surface area contributed by atoms with Gasteiger partial charge >= 0.3 is 0 Å². The number of hydrogen-bond donors (Lipinski definition) is 2. The van der Waals surface area contributed by atoms with Gasteiger partial charge in [-0.1, -0.05) is 0 Å². The second-order valence-corrected chi connectivity index (χ2v) is 4.30. The second-order valence-electron chi connectivity index (χ2n) is 4.30. The number of pyridine rings is 1. The van der Waals surface area contributed by atoms with Crippen molar-refractivity contribution >= 4 is 11.6 Å². The van der Waals surface area contributed by atoms with Gasteiger partial charge < -0.3 is 16.2 Å². The quantitative estimate of drug-likeness (QED) is 0.824. The number of amides is 1. The van der Waals surface area contributed by atoms with Crippen molar-refractivity contribution in [2.45, 2.75) is 13.8 Å². The van der Waals surface area contributed by atoms with Crippen molar-refractivity contribution in [1.29, 1.82) is 0 Å². The molecule has 98 valence electrons. The molecule has 0 spiro atoms. The summed E-state index contributed by atoms with van der Waals surface area (Å²) < 4.78 is 5.67. The number of rotatable bonds is 3. The van der Waals surface area contributed by atoms with E-state index in [-0.39, 0.29) is 11.4 Å². The van der Waals surface area contributed by atoms with Crippen molar-refractivity contribution in [3.63, 3.8) is 0 Å². The number of nitrogens with two attached hydrogens (primary N) is 2. The highest BCUT2D eigenvalue weighted by Gasteiger charge is 2.13. The standard InChI is InChI=1S/C14H15N3O2/c1-8-7-10(15)4-6-12(8)19-14-11(13(16)18)5-3-9(2)17-14/h3-7H,15H2,1-2H3,(H2,16,18). The Kier molecular flexibility index (Phi) is 3.37. The van der Waals surface area contributed by atoms with E-state index in [9.17, 15) is 4.79 Å². The second kappa shape index (κ2) is 4.97. The van der Waals surface area contributed by atoms with Crippen LogP contribution in [0.25, 0.3) is 0 Å². The van der Waals surface area contributed by atoms with Crippen LogP contribution in [0.5, 0.6) is 11.6 Å². The molecule has 1 aromatic carbocycles. The molecule has 0 aliphatic rings. The first-order valence-electron chi connectivity index (χ1n) is 5.79. The highest BCUT2D eigenvalue weighted by Crippen LogP contribution is 2.27. The highest BCUT2D eigenvalue weighted by atomic mass is 16.5. The number of benzene rings is 1. The molecule has 1 aromatic heterocycles. The molecule has 0 fully saturated rings. The van der Waals surface area contributed by atoms with E-state index in [1.165, 1.54) is 0 Å². The number of primary amides is 1. The van der Waals surface area contributed by atoms with Crippen LogP contribution in [0.15, 0.2) is 30.3 Å². The fourth-order valence-corrected chi connectivity index (χ4v) is 1.69. The van der Waals surface area contributed by atoms with E-state index < -0.39 is 5.91 Å². The van der Waals surface area contributed by atoms with Gasteiger partial charge in [-0.25, -0.2) is 4.98 Å². The molecular formula is C14H15N3O2. The molecule has 2 rings (SSSR count). The summed E-state index contributed by atoms with van der Waals surface area (Å²) in [5.41, 5.74) is 13.5. The van der Waals surface area contributed by atoms with Crippen molar-refractivity contribution in [1.82, 2.24) is 4.98 Å².